The molecule has 3 rings (SSSR count). The van der Waals surface area contributed by atoms with Crippen molar-refractivity contribution in [1.29, 1.82) is 0 Å². The van der Waals surface area contributed by atoms with Gasteiger partial charge in [0.2, 0.25) is 0 Å². The largest absolute Gasteiger partial charge is 0.406 e. The van der Waals surface area contributed by atoms with E-state index in [2.05, 4.69) is 46.4 Å². The summed E-state index contributed by atoms with van der Waals surface area (Å²) in [6.45, 7) is 3.91. The smallest absolute Gasteiger partial charge is 0.325 e. The molecule has 0 radical (unpaired) electrons. The lowest BCUT2D eigenvalue weighted by Crippen LogP contribution is -2.45. The highest BCUT2D eigenvalue weighted by Gasteiger charge is 2.30. The fourth-order valence-corrected chi connectivity index (χ4v) is 3.25. The quantitative estimate of drug-likeness (QED) is 0.850. The molecule has 0 aliphatic carbocycles. The summed E-state index contributed by atoms with van der Waals surface area (Å²) in [6.07, 6.45) is -0.416. The summed E-state index contributed by atoms with van der Waals surface area (Å²) in [5.74, 6) is 0.453. The number of aromatic nitrogens is 2. The van der Waals surface area contributed by atoms with E-state index in [1.807, 2.05) is 0 Å². The molecule has 0 spiro atoms. The summed E-state index contributed by atoms with van der Waals surface area (Å²) >= 11 is 0. The van der Waals surface area contributed by atoms with Crippen LogP contribution in [0.4, 0.5) is 13.2 Å². The zero-order valence-electron chi connectivity index (χ0n) is 14.7. The summed E-state index contributed by atoms with van der Waals surface area (Å²) < 4.78 is 39.3. The fourth-order valence-electron chi connectivity index (χ4n) is 3.25. The molecule has 8 heteroatoms. The Balaban J connectivity index is 0.00000243. The summed E-state index contributed by atoms with van der Waals surface area (Å²) in [5, 5.41) is 3.38. The van der Waals surface area contributed by atoms with Crippen molar-refractivity contribution in [2.24, 2.45) is 0 Å². The Hall–Kier alpha value is -1.57. The summed E-state index contributed by atoms with van der Waals surface area (Å²) in [5.41, 5.74) is 2.46. The second kappa shape index (κ2) is 8.88. The van der Waals surface area contributed by atoms with E-state index in [0.29, 0.717) is 12.4 Å². The third kappa shape index (κ3) is 5.22. The van der Waals surface area contributed by atoms with E-state index in [-0.39, 0.29) is 18.4 Å². The third-order valence-electron chi connectivity index (χ3n) is 4.62. The number of halogens is 4. The number of imidazole rings is 1. The zero-order chi connectivity index (χ0) is 17.9. The molecule has 0 saturated carbocycles. The number of benzene rings is 1. The van der Waals surface area contributed by atoms with Crippen molar-refractivity contribution < 1.29 is 13.2 Å². The first-order chi connectivity index (χ1) is 12.0. The van der Waals surface area contributed by atoms with Crippen molar-refractivity contribution in [3.8, 4) is 0 Å². The van der Waals surface area contributed by atoms with E-state index < -0.39 is 12.7 Å². The minimum atomic E-state index is -4.24. The fraction of sp³-hybridized carbons (Fsp3) is 0.500. The van der Waals surface area contributed by atoms with Crippen LogP contribution in [0.3, 0.4) is 0 Å². The van der Waals surface area contributed by atoms with Gasteiger partial charge in [-0.25, -0.2) is 4.98 Å². The highest BCUT2D eigenvalue weighted by Crippen LogP contribution is 2.25. The van der Waals surface area contributed by atoms with Crippen LogP contribution in [-0.2, 0) is 19.5 Å². The molecule has 4 nitrogen and oxygen atoms in total. The van der Waals surface area contributed by atoms with E-state index in [1.54, 1.807) is 0 Å². The van der Waals surface area contributed by atoms with Crippen LogP contribution in [-0.4, -0.2) is 40.3 Å². The van der Waals surface area contributed by atoms with Crippen LogP contribution in [0.25, 0.3) is 0 Å². The van der Waals surface area contributed by atoms with Gasteiger partial charge in [-0.15, -0.1) is 12.4 Å². The first-order valence-corrected chi connectivity index (χ1v) is 8.56. The Bertz CT molecular complexity index is 684. The molecule has 1 N–H and O–H groups in total. The minimum Gasteiger partial charge on any atom is -0.325 e. The number of nitrogens with zero attached hydrogens (tertiary/aromatic N) is 3. The predicted molar refractivity (Wildman–Crippen MR) is 97.4 cm³/mol. The van der Waals surface area contributed by atoms with E-state index in [9.17, 15) is 13.2 Å². The topological polar surface area (TPSA) is 33.1 Å². The molecule has 1 aliphatic heterocycles. The second-order valence-electron chi connectivity index (χ2n) is 6.37. The lowest BCUT2D eigenvalue weighted by atomic mass is 10.0. The highest BCUT2D eigenvalue weighted by atomic mass is 35.5. The molecule has 0 bridgehead atoms. The highest BCUT2D eigenvalue weighted by molar-refractivity contribution is 5.85. The number of piperazine rings is 1. The van der Waals surface area contributed by atoms with Gasteiger partial charge in [0, 0.05) is 38.1 Å². The normalized spacial score (nSPS) is 18.5. The number of rotatable bonds is 5. The molecule has 1 atom stereocenters. The van der Waals surface area contributed by atoms with Crippen molar-refractivity contribution in [1.82, 2.24) is 19.8 Å². The van der Waals surface area contributed by atoms with E-state index in [4.69, 9.17) is 0 Å². The predicted octanol–water partition coefficient (Wildman–Crippen LogP) is 3.58. The van der Waals surface area contributed by atoms with Gasteiger partial charge >= 0.3 is 6.18 Å². The molecule has 2 aromatic rings. The Morgan fingerprint density at radius 1 is 1.23 bits per heavy atom. The van der Waals surface area contributed by atoms with Crippen molar-refractivity contribution in [3.05, 3.63) is 53.6 Å². The maximum Gasteiger partial charge on any atom is 0.406 e. The van der Waals surface area contributed by atoms with Crippen molar-refractivity contribution >= 4 is 12.4 Å². The molecule has 144 valence electrons. The minimum absolute atomic E-state index is 0. The van der Waals surface area contributed by atoms with Crippen LogP contribution in [0.5, 0.6) is 0 Å². The first-order valence-electron chi connectivity index (χ1n) is 8.56. The van der Waals surface area contributed by atoms with Gasteiger partial charge in [0.25, 0.3) is 0 Å². The standard InChI is InChI=1S/C18H23F3N4.ClH/c1-2-14-3-5-15(6-4-14)16-11-22-7-9-24(16)12-17-23-8-10-25(17)13-18(19,20)21;/h3-6,8,10,16,22H,2,7,9,11-13H2,1H3;1H. The number of hydrogen-bond acceptors (Lipinski definition) is 3. The van der Waals surface area contributed by atoms with Gasteiger partial charge in [0.15, 0.2) is 0 Å². The molecular formula is C18H24ClF3N4. The maximum atomic E-state index is 12.7. The van der Waals surface area contributed by atoms with Crippen LogP contribution >= 0.6 is 12.4 Å². The lowest BCUT2D eigenvalue weighted by Gasteiger charge is -2.36. The summed E-state index contributed by atoms with van der Waals surface area (Å²) in [7, 11) is 0. The van der Waals surface area contributed by atoms with Crippen LogP contribution in [0, 0.1) is 0 Å². The number of aryl methyl sites for hydroxylation is 1. The summed E-state index contributed by atoms with van der Waals surface area (Å²) in [4.78, 5) is 6.35. The molecule has 1 aliphatic rings. The van der Waals surface area contributed by atoms with Gasteiger partial charge in [0.05, 0.1) is 6.54 Å². The Morgan fingerprint density at radius 2 is 1.96 bits per heavy atom. The van der Waals surface area contributed by atoms with Gasteiger partial charge in [-0.05, 0) is 17.5 Å². The molecular weight excluding hydrogens is 365 g/mol. The van der Waals surface area contributed by atoms with Gasteiger partial charge in [-0.1, -0.05) is 31.2 Å². The average molecular weight is 389 g/mol. The van der Waals surface area contributed by atoms with Crippen molar-refractivity contribution in [3.63, 3.8) is 0 Å². The van der Waals surface area contributed by atoms with Crippen molar-refractivity contribution in [2.45, 2.75) is 38.7 Å². The lowest BCUT2D eigenvalue weighted by molar-refractivity contribution is -0.141. The molecule has 26 heavy (non-hydrogen) atoms. The molecule has 1 unspecified atom stereocenters. The maximum absolute atomic E-state index is 12.7. The number of hydrogen-bond donors (Lipinski definition) is 1. The molecule has 1 aromatic carbocycles. The SMILES string of the molecule is CCc1ccc(C2CNCCN2Cc2nccn2CC(F)(F)F)cc1.Cl. The van der Waals surface area contributed by atoms with E-state index in [1.165, 1.54) is 28.1 Å². The van der Waals surface area contributed by atoms with Gasteiger partial charge < -0.3 is 9.88 Å². The third-order valence-corrected chi connectivity index (χ3v) is 4.62. The van der Waals surface area contributed by atoms with Crippen molar-refractivity contribution in [2.75, 3.05) is 19.6 Å². The van der Waals surface area contributed by atoms with Crippen LogP contribution in [0.15, 0.2) is 36.7 Å². The van der Waals surface area contributed by atoms with Crippen LogP contribution in [0.2, 0.25) is 0 Å². The average Bonchev–Trinajstić information content (AvgIpc) is 3.00. The van der Waals surface area contributed by atoms with Crippen LogP contribution in [0.1, 0.15) is 29.9 Å². The Labute approximate surface area is 157 Å². The Kier molecular flexibility index (Phi) is 7.08. The zero-order valence-corrected chi connectivity index (χ0v) is 15.5. The monoisotopic (exact) mass is 388 g/mol. The molecule has 2 heterocycles. The van der Waals surface area contributed by atoms with E-state index >= 15 is 0 Å². The molecule has 0 amide bonds. The van der Waals surface area contributed by atoms with E-state index in [0.717, 1.165) is 26.1 Å². The van der Waals surface area contributed by atoms with Gasteiger partial charge in [-0.3, -0.25) is 4.90 Å². The Morgan fingerprint density at radius 3 is 2.62 bits per heavy atom. The van der Waals surface area contributed by atoms with Gasteiger partial charge in [-0.2, -0.15) is 13.2 Å². The molecule has 1 fully saturated rings. The van der Waals surface area contributed by atoms with Crippen LogP contribution < -0.4 is 5.32 Å². The number of nitrogens with one attached hydrogen (secondary N) is 1. The first kappa shape index (κ1) is 20.7. The molecule has 1 saturated heterocycles. The second-order valence-corrected chi connectivity index (χ2v) is 6.37. The number of alkyl halides is 3. The summed E-state index contributed by atoms with van der Waals surface area (Å²) in [6, 6.07) is 8.60. The molecule has 1 aromatic heterocycles. The van der Waals surface area contributed by atoms with Gasteiger partial charge in [0.1, 0.15) is 12.4 Å².